The molecule has 0 amide bonds. The number of para-hydroxylation sites is 1. The zero-order valence-electron chi connectivity index (χ0n) is 10.4. The maximum Gasteiger partial charge on any atom is 0.151 e. The Morgan fingerprint density at radius 1 is 1.35 bits per heavy atom. The average molecular weight is 257 g/mol. The van der Waals surface area contributed by atoms with Crippen molar-refractivity contribution in [1.29, 1.82) is 0 Å². The first-order chi connectivity index (χ1) is 7.88. The van der Waals surface area contributed by atoms with Gasteiger partial charge >= 0.3 is 0 Å². The molecule has 4 nitrogen and oxygen atoms in total. The van der Waals surface area contributed by atoms with E-state index in [0.29, 0.717) is 12.4 Å². The fourth-order valence-corrected chi connectivity index (χ4v) is 2.24. The van der Waals surface area contributed by atoms with Gasteiger partial charge < -0.3 is 10.5 Å². The van der Waals surface area contributed by atoms with E-state index in [4.69, 9.17) is 10.5 Å². The third kappa shape index (κ3) is 3.44. The molecule has 0 aliphatic carbocycles. The van der Waals surface area contributed by atoms with E-state index in [-0.39, 0.29) is 0 Å². The monoisotopic (exact) mass is 257 g/mol. The molecule has 0 fully saturated rings. The van der Waals surface area contributed by atoms with Crippen LogP contribution in [0.1, 0.15) is 25.5 Å². The van der Waals surface area contributed by atoms with Crippen LogP contribution in [0.15, 0.2) is 24.3 Å². The molecular weight excluding hydrogens is 238 g/mol. The highest BCUT2D eigenvalue weighted by atomic mass is 32.2. The second-order valence-corrected chi connectivity index (χ2v) is 6.43. The average Bonchev–Trinajstić information content (AvgIpc) is 2.27. The Labute approximate surface area is 103 Å². The minimum Gasteiger partial charge on any atom is -0.494 e. The molecule has 0 aliphatic rings. The molecule has 96 valence electrons. The smallest absolute Gasteiger partial charge is 0.151 e. The second-order valence-electron chi connectivity index (χ2n) is 4.03. The second kappa shape index (κ2) is 5.51. The number of benzene rings is 1. The fourth-order valence-electron chi connectivity index (χ4n) is 1.56. The van der Waals surface area contributed by atoms with Crippen molar-refractivity contribution in [2.45, 2.75) is 25.1 Å². The molecule has 0 heterocycles. The number of rotatable bonds is 5. The van der Waals surface area contributed by atoms with E-state index in [1.54, 1.807) is 19.1 Å². The molecule has 0 saturated carbocycles. The maximum atomic E-state index is 11.5. The molecule has 0 spiro atoms. The maximum absolute atomic E-state index is 11.5. The molecule has 0 radical (unpaired) electrons. The molecule has 0 aliphatic heterocycles. The lowest BCUT2D eigenvalue weighted by Crippen LogP contribution is -2.30. The molecule has 5 heteroatoms. The van der Waals surface area contributed by atoms with Crippen LogP contribution in [0.3, 0.4) is 0 Å². The summed E-state index contributed by atoms with van der Waals surface area (Å²) in [6.07, 6.45) is 1.20. The summed E-state index contributed by atoms with van der Waals surface area (Å²) in [4.78, 5) is 0. The van der Waals surface area contributed by atoms with Gasteiger partial charge in [-0.05, 0) is 19.9 Å². The lowest BCUT2D eigenvalue weighted by atomic mass is 10.0. The highest BCUT2D eigenvalue weighted by Crippen LogP contribution is 2.27. The van der Waals surface area contributed by atoms with Crippen LogP contribution in [-0.4, -0.2) is 26.5 Å². The van der Waals surface area contributed by atoms with Crippen molar-refractivity contribution < 1.29 is 13.2 Å². The first-order valence-electron chi connectivity index (χ1n) is 5.54. The van der Waals surface area contributed by atoms with Crippen molar-refractivity contribution in [2.75, 3.05) is 12.9 Å². The molecule has 1 aromatic carbocycles. The summed E-state index contributed by atoms with van der Waals surface area (Å²) in [5.74, 6) is 0.651. The molecule has 1 rings (SSSR count). The number of ether oxygens (including phenoxy) is 1. The van der Waals surface area contributed by atoms with Crippen molar-refractivity contribution in [3.8, 4) is 5.75 Å². The summed E-state index contributed by atoms with van der Waals surface area (Å²) >= 11 is 0. The molecular formula is C12H19NO3S. The van der Waals surface area contributed by atoms with Gasteiger partial charge in [0.1, 0.15) is 5.75 Å². The Bertz CT molecular complexity index is 470. The molecule has 0 bridgehead atoms. The molecule has 2 N–H and O–H groups in total. The van der Waals surface area contributed by atoms with Gasteiger partial charge in [0.15, 0.2) is 9.84 Å². The first-order valence-corrected chi connectivity index (χ1v) is 7.49. The summed E-state index contributed by atoms with van der Waals surface area (Å²) in [6.45, 7) is 4.02. The summed E-state index contributed by atoms with van der Waals surface area (Å²) in [5.41, 5.74) is 6.73. The molecule has 17 heavy (non-hydrogen) atoms. The van der Waals surface area contributed by atoms with Gasteiger partial charge in [-0.15, -0.1) is 0 Å². The van der Waals surface area contributed by atoms with Crippen LogP contribution in [0, 0.1) is 0 Å². The normalized spacial score (nSPS) is 15.3. The molecule has 1 aromatic rings. The van der Waals surface area contributed by atoms with Crippen molar-refractivity contribution in [3.63, 3.8) is 0 Å². The van der Waals surface area contributed by atoms with E-state index in [2.05, 4.69) is 0 Å². The van der Waals surface area contributed by atoms with Gasteiger partial charge in [-0.3, -0.25) is 0 Å². The predicted octanol–water partition coefficient (Wildman–Crippen LogP) is 1.52. The van der Waals surface area contributed by atoms with Gasteiger partial charge in [-0.1, -0.05) is 18.2 Å². The van der Waals surface area contributed by atoms with Crippen LogP contribution in [0.25, 0.3) is 0 Å². The van der Waals surface area contributed by atoms with Gasteiger partial charge in [-0.25, -0.2) is 8.42 Å². The number of nitrogens with two attached hydrogens (primary N) is 1. The minimum absolute atomic E-state index is 0.525. The predicted molar refractivity (Wildman–Crippen MR) is 68.8 cm³/mol. The SMILES string of the molecule is CCOc1ccccc1C(N)C(C)S(C)(=O)=O. The topological polar surface area (TPSA) is 69.4 Å². The Morgan fingerprint density at radius 2 is 1.94 bits per heavy atom. The van der Waals surface area contributed by atoms with Crippen molar-refractivity contribution in [3.05, 3.63) is 29.8 Å². The van der Waals surface area contributed by atoms with Crippen LogP contribution in [0.5, 0.6) is 5.75 Å². The third-order valence-corrected chi connectivity index (χ3v) is 4.40. The summed E-state index contributed by atoms with van der Waals surface area (Å²) in [5, 5.41) is -0.635. The quantitative estimate of drug-likeness (QED) is 0.868. The molecule has 0 aromatic heterocycles. The number of hydrogen-bond acceptors (Lipinski definition) is 4. The van der Waals surface area contributed by atoms with Gasteiger partial charge in [0.05, 0.1) is 11.9 Å². The summed E-state index contributed by atoms with van der Waals surface area (Å²) in [7, 11) is -3.16. The Kier molecular flexibility index (Phi) is 4.54. The highest BCUT2D eigenvalue weighted by Gasteiger charge is 2.26. The van der Waals surface area contributed by atoms with E-state index in [9.17, 15) is 8.42 Å². The minimum atomic E-state index is -3.16. The fraction of sp³-hybridized carbons (Fsp3) is 0.500. The van der Waals surface area contributed by atoms with Crippen LogP contribution >= 0.6 is 0 Å². The van der Waals surface area contributed by atoms with E-state index in [1.807, 2.05) is 19.1 Å². The Balaban J connectivity index is 3.07. The van der Waals surface area contributed by atoms with E-state index in [1.165, 1.54) is 6.26 Å². The molecule has 2 atom stereocenters. The van der Waals surface area contributed by atoms with E-state index < -0.39 is 21.1 Å². The summed E-state index contributed by atoms with van der Waals surface area (Å²) < 4.78 is 28.4. The standard InChI is InChI=1S/C12H19NO3S/c1-4-16-11-8-6-5-7-10(11)12(13)9(2)17(3,14)15/h5-9,12H,4,13H2,1-3H3. The van der Waals surface area contributed by atoms with Gasteiger partial charge in [0.2, 0.25) is 0 Å². The molecule has 0 saturated heterocycles. The van der Waals surface area contributed by atoms with Crippen molar-refractivity contribution in [2.24, 2.45) is 5.73 Å². The first kappa shape index (κ1) is 14.0. The zero-order valence-corrected chi connectivity index (χ0v) is 11.2. The van der Waals surface area contributed by atoms with Crippen LogP contribution in [0.4, 0.5) is 0 Å². The summed E-state index contributed by atoms with van der Waals surface area (Å²) in [6, 6.07) is 6.69. The van der Waals surface area contributed by atoms with Gasteiger partial charge in [0, 0.05) is 17.9 Å². The van der Waals surface area contributed by atoms with Crippen LogP contribution in [0.2, 0.25) is 0 Å². The Hall–Kier alpha value is -1.07. The zero-order chi connectivity index (χ0) is 13.1. The largest absolute Gasteiger partial charge is 0.494 e. The van der Waals surface area contributed by atoms with Gasteiger partial charge in [-0.2, -0.15) is 0 Å². The highest BCUT2D eigenvalue weighted by molar-refractivity contribution is 7.91. The lowest BCUT2D eigenvalue weighted by molar-refractivity contribution is 0.334. The third-order valence-electron chi connectivity index (χ3n) is 2.76. The van der Waals surface area contributed by atoms with E-state index in [0.717, 1.165) is 5.56 Å². The Morgan fingerprint density at radius 3 is 2.47 bits per heavy atom. The van der Waals surface area contributed by atoms with Crippen molar-refractivity contribution in [1.82, 2.24) is 0 Å². The molecule has 2 unspecified atom stereocenters. The van der Waals surface area contributed by atoms with Gasteiger partial charge in [0.25, 0.3) is 0 Å². The van der Waals surface area contributed by atoms with Crippen molar-refractivity contribution >= 4 is 9.84 Å². The van der Waals surface area contributed by atoms with Crippen LogP contribution in [-0.2, 0) is 9.84 Å². The lowest BCUT2D eigenvalue weighted by Gasteiger charge is -2.21. The van der Waals surface area contributed by atoms with E-state index >= 15 is 0 Å². The number of hydrogen-bond donors (Lipinski definition) is 1. The number of sulfone groups is 1. The van der Waals surface area contributed by atoms with Crippen LogP contribution < -0.4 is 10.5 Å².